The summed E-state index contributed by atoms with van der Waals surface area (Å²) < 4.78 is 26.9. The summed E-state index contributed by atoms with van der Waals surface area (Å²) in [5.74, 6) is -0.0549. The number of benzene rings is 2. The van der Waals surface area contributed by atoms with E-state index in [9.17, 15) is 8.42 Å². The lowest BCUT2D eigenvalue weighted by Gasteiger charge is -2.08. The number of fused-ring (bicyclic) bond motifs is 1. The van der Waals surface area contributed by atoms with Crippen LogP contribution in [0.5, 0.6) is 0 Å². The molecule has 0 aliphatic rings. The van der Waals surface area contributed by atoms with Crippen molar-refractivity contribution < 1.29 is 8.42 Å². The smallest absolute Gasteiger partial charge is 0.236 e. The minimum Gasteiger partial charge on any atom is -0.282 e. The van der Waals surface area contributed by atoms with Crippen LogP contribution in [0.25, 0.3) is 10.9 Å². The van der Waals surface area contributed by atoms with E-state index in [0.29, 0.717) is 5.69 Å². The second-order valence-electron chi connectivity index (χ2n) is 4.76. The first kappa shape index (κ1) is 13.6. The molecule has 0 bridgehead atoms. The first-order valence-corrected chi connectivity index (χ1v) is 8.17. The second kappa shape index (κ2) is 5.54. The maximum Gasteiger partial charge on any atom is 0.236 e. The van der Waals surface area contributed by atoms with Gasteiger partial charge in [-0.05, 0) is 17.7 Å². The first-order valence-electron chi connectivity index (χ1n) is 6.52. The summed E-state index contributed by atoms with van der Waals surface area (Å²) in [6.07, 6.45) is 1.53. The average Bonchev–Trinajstić information content (AvgIpc) is 2.47. The Bertz CT molecular complexity index is 862. The van der Waals surface area contributed by atoms with Gasteiger partial charge in [0.05, 0.1) is 23.2 Å². The number of hydrogen-bond donors (Lipinski definition) is 1. The molecule has 21 heavy (non-hydrogen) atoms. The highest BCUT2D eigenvalue weighted by Crippen LogP contribution is 2.18. The van der Waals surface area contributed by atoms with Gasteiger partial charge in [-0.1, -0.05) is 48.5 Å². The lowest BCUT2D eigenvalue weighted by molar-refractivity contribution is 0.600. The highest BCUT2D eigenvalue weighted by atomic mass is 32.2. The average molecular weight is 298 g/mol. The molecule has 0 atom stereocenters. The van der Waals surface area contributed by atoms with Crippen molar-refractivity contribution in [1.82, 2.24) is 4.98 Å². The number of nitrogens with zero attached hydrogens (tertiary/aromatic N) is 1. The molecule has 0 aliphatic heterocycles. The third-order valence-corrected chi connectivity index (χ3v) is 4.32. The van der Waals surface area contributed by atoms with E-state index in [1.807, 2.05) is 42.5 Å². The zero-order valence-corrected chi connectivity index (χ0v) is 12.0. The third kappa shape index (κ3) is 3.38. The summed E-state index contributed by atoms with van der Waals surface area (Å²) in [5.41, 5.74) is 2.06. The summed E-state index contributed by atoms with van der Waals surface area (Å²) in [6, 6.07) is 18.4. The Labute approximate surface area is 123 Å². The van der Waals surface area contributed by atoms with Gasteiger partial charge in [-0.2, -0.15) is 0 Å². The molecule has 2 aromatic carbocycles. The van der Waals surface area contributed by atoms with Crippen LogP contribution < -0.4 is 4.72 Å². The number of rotatable bonds is 4. The van der Waals surface area contributed by atoms with Crippen LogP contribution >= 0.6 is 0 Å². The largest absolute Gasteiger partial charge is 0.282 e. The van der Waals surface area contributed by atoms with Gasteiger partial charge in [-0.15, -0.1) is 0 Å². The molecule has 1 aromatic heterocycles. The van der Waals surface area contributed by atoms with Crippen LogP contribution in [-0.2, 0) is 15.8 Å². The van der Waals surface area contributed by atoms with Gasteiger partial charge in [0.2, 0.25) is 10.0 Å². The minimum atomic E-state index is -3.45. The van der Waals surface area contributed by atoms with Crippen molar-refractivity contribution in [2.75, 3.05) is 4.72 Å². The van der Waals surface area contributed by atoms with Crippen molar-refractivity contribution in [1.29, 1.82) is 0 Å². The molecule has 0 saturated carbocycles. The van der Waals surface area contributed by atoms with Crippen LogP contribution in [-0.4, -0.2) is 13.4 Å². The van der Waals surface area contributed by atoms with Crippen molar-refractivity contribution in [3.05, 3.63) is 72.4 Å². The van der Waals surface area contributed by atoms with E-state index in [2.05, 4.69) is 9.71 Å². The van der Waals surface area contributed by atoms with E-state index in [1.165, 1.54) is 6.20 Å². The lowest BCUT2D eigenvalue weighted by atomic mass is 10.2. The lowest BCUT2D eigenvalue weighted by Crippen LogP contribution is -2.15. The number of sulfonamides is 1. The highest BCUT2D eigenvalue weighted by Gasteiger charge is 2.12. The van der Waals surface area contributed by atoms with E-state index in [-0.39, 0.29) is 5.75 Å². The predicted molar refractivity (Wildman–Crippen MR) is 84.4 cm³/mol. The molecule has 3 aromatic rings. The molecule has 4 nitrogen and oxygen atoms in total. The van der Waals surface area contributed by atoms with Gasteiger partial charge < -0.3 is 0 Å². The van der Waals surface area contributed by atoms with Gasteiger partial charge >= 0.3 is 0 Å². The number of nitrogens with one attached hydrogen (secondary N) is 1. The van der Waals surface area contributed by atoms with Crippen LogP contribution in [0, 0.1) is 0 Å². The Morgan fingerprint density at radius 2 is 1.67 bits per heavy atom. The Balaban J connectivity index is 1.83. The van der Waals surface area contributed by atoms with Crippen LogP contribution in [0.3, 0.4) is 0 Å². The van der Waals surface area contributed by atoms with Gasteiger partial charge in [0.25, 0.3) is 0 Å². The quantitative estimate of drug-likeness (QED) is 0.805. The van der Waals surface area contributed by atoms with Gasteiger partial charge in [0.15, 0.2) is 0 Å². The third-order valence-electron chi connectivity index (χ3n) is 3.06. The first-order chi connectivity index (χ1) is 10.1. The predicted octanol–water partition coefficient (Wildman–Crippen LogP) is 3.18. The number of para-hydroxylation sites is 1. The molecule has 0 spiro atoms. The molecule has 0 unspecified atom stereocenters. The molecule has 0 aliphatic carbocycles. The molecule has 0 saturated heterocycles. The normalized spacial score (nSPS) is 11.4. The zero-order valence-electron chi connectivity index (χ0n) is 11.2. The van der Waals surface area contributed by atoms with E-state index in [4.69, 9.17) is 0 Å². The summed E-state index contributed by atoms with van der Waals surface area (Å²) in [6.45, 7) is 0. The summed E-state index contributed by atoms with van der Waals surface area (Å²) in [5, 5.41) is 0.900. The fourth-order valence-corrected chi connectivity index (χ4v) is 3.31. The Hall–Kier alpha value is -2.40. The van der Waals surface area contributed by atoms with Crippen LogP contribution in [0.2, 0.25) is 0 Å². The van der Waals surface area contributed by atoms with Crippen LogP contribution in [0.1, 0.15) is 5.56 Å². The molecular weight excluding hydrogens is 284 g/mol. The van der Waals surface area contributed by atoms with Gasteiger partial charge in [0.1, 0.15) is 0 Å². The summed E-state index contributed by atoms with van der Waals surface area (Å²) in [4.78, 5) is 4.25. The van der Waals surface area contributed by atoms with Crippen molar-refractivity contribution in [2.24, 2.45) is 0 Å². The molecule has 0 fully saturated rings. The van der Waals surface area contributed by atoms with E-state index < -0.39 is 10.0 Å². The number of aromatic nitrogens is 1. The number of pyridine rings is 1. The summed E-state index contributed by atoms with van der Waals surface area (Å²) >= 11 is 0. The fraction of sp³-hybridized carbons (Fsp3) is 0.0625. The van der Waals surface area contributed by atoms with Crippen molar-refractivity contribution in [2.45, 2.75) is 5.75 Å². The number of hydrogen-bond acceptors (Lipinski definition) is 3. The standard InChI is InChI=1S/C16H14N2O2S/c19-21(20,12-13-6-2-1-3-7-13)18-15-10-14-8-4-5-9-16(14)17-11-15/h1-11,18H,12H2. The van der Waals surface area contributed by atoms with E-state index in [0.717, 1.165) is 16.5 Å². The minimum absolute atomic E-state index is 0.0549. The monoisotopic (exact) mass is 298 g/mol. The Kier molecular flexibility index (Phi) is 3.58. The van der Waals surface area contributed by atoms with Crippen molar-refractivity contribution >= 4 is 26.6 Å². The topological polar surface area (TPSA) is 59.1 Å². The molecule has 106 valence electrons. The highest BCUT2D eigenvalue weighted by molar-refractivity contribution is 7.91. The van der Waals surface area contributed by atoms with Crippen LogP contribution in [0.4, 0.5) is 5.69 Å². The van der Waals surface area contributed by atoms with Crippen molar-refractivity contribution in [3.8, 4) is 0 Å². The fourth-order valence-electron chi connectivity index (χ4n) is 2.14. The molecular formula is C16H14N2O2S. The van der Waals surface area contributed by atoms with Crippen LogP contribution in [0.15, 0.2) is 66.9 Å². The van der Waals surface area contributed by atoms with Gasteiger partial charge in [0, 0.05) is 5.39 Å². The molecule has 3 rings (SSSR count). The molecule has 0 radical (unpaired) electrons. The van der Waals surface area contributed by atoms with E-state index >= 15 is 0 Å². The number of anilines is 1. The van der Waals surface area contributed by atoms with E-state index in [1.54, 1.807) is 18.2 Å². The zero-order chi connectivity index (χ0) is 14.7. The van der Waals surface area contributed by atoms with Gasteiger partial charge in [-0.3, -0.25) is 9.71 Å². The van der Waals surface area contributed by atoms with Crippen molar-refractivity contribution in [3.63, 3.8) is 0 Å². The maximum absolute atomic E-state index is 12.2. The molecule has 1 heterocycles. The maximum atomic E-state index is 12.2. The molecule has 1 N–H and O–H groups in total. The SMILES string of the molecule is O=S(=O)(Cc1ccccc1)Nc1cnc2ccccc2c1. The Morgan fingerprint density at radius 3 is 2.48 bits per heavy atom. The summed E-state index contributed by atoms with van der Waals surface area (Å²) in [7, 11) is -3.45. The second-order valence-corrected chi connectivity index (χ2v) is 6.49. The molecule has 0 amide bonds. The molecule has 5 heteroatoms. The Morgan fingerprint density at radius 1 is 0.952 bits per heavy atom. The van der Waals surface area contributed by atoms with Gasteiger partial charge in [-0.25, -0.2) is 8.42 Å².